The van der Waals surface area contributed by atoms with Crippen molar-refractivity contribution in [2.75, 3.05) is 18.5 Å². The van der Waals surface area contributed by atoms with Crippen molar-refractivity contribution in [2.24, 2.45) is 0 Å². The highest BCUT2D eigenvalue weighted by Gasteiger charge is 2.49. The predicted octanol–water partition coefficient (Wildman–Crippen LogP) is 2.37. The summed E-state index contributed by atoms with van der Waals surface area (Å²) < 4.78 is 7.46. The molecule has 0 radical (unpaired) electrons. The lowest BCUT2D eigenvalue weighted by atomic mass is 9.92. The molecule has 1 fully saturated rings. The maximum absolute atomic E-state index is 12.9. The molecule has 0 saturated carbocycles. The van der Waals surface area contributed by atoms with E-state index in [4.69, 9.17) is 4.74 Å². The molecule has 164 valence electrons. The molecule has 1 aliphatic heterocycles. The first-order chi connectivity index (χ1) is 15.5. The fourth-order valence-corrected chi connectivity index (χ4v) is 3.51. The van der Waals surface area contributed by atoms with Crippen LogP contribution in [0, 0.1) is 0 Å². The van der Waals surface area contributed by atoms with Crippen LogP contribution in [0.4, 0.5) is 10.5 Å². The number of hydrogen-bond acceptors (Lipinski definition) is 5. The number of anilines is 1. The van der Waals surface area contributed by atoms with Gasteiger partial charge in [0.25, 0.3) is 5.91 Å². The topological polar surface area (TPSA) is 106 Å². The number of benzene rings is 2. The van der Waals surface area contributed by atoms with Gasteiger partial charge in [0.2, 0.25) is 5.91 Å². The minimum Gasteiger partial charge on any atom is -0.492 e. The highest BCUT2D eigenvalue weighted by atomic mass is 16.5. The number of carbonyl (C=O) groups excluding carboxylic acids is 3. The van der Waals surface area contributed by atoms with Gasteiger partial charge in [0, 0.05) is 24.1 Å². The van der Waals surface area contributed by atoms with Crippen molar-refractivity contribution in [3.8, 4) is 5.75 Å². The Kier molecular flexibility index (Phi) is 5.89. The Bertz CT molecular complexity index is 1120. The van der Waals surface area contributed by atoms with Crippen molar-refractivity contribution in [1.29, 1.82) is 0 Å². The van der Waals surface area contributed by atoms with Crippen molar-refractivity contribution in [3.63, 3.8) is 0 Å². The molecule has 0 aliphatic carbocycles. The van der Waals surface area contributed by atoms with Gasteiger partial charge in [-0.05, 0) is 30.7 Å². The van der Waals surface area contributed by atoms with Gasteiger partial charge in [-0.25, -0.2) is 4.79 Å². The maximum atomic E-state index is 12.9. The molecule has 2 aromatic carbocycles. The summed E-state index contributed by atoms with van der Waals surface area (Å²) in [5.74, 6) is -0.374. The van der Waals surface area contributed by atoms with Gasteiger partial charge >= 0.3 is 6.03 Å². The summed E-state index contributed by atoms with van der Waals surface area (Å²) in [5.41, 5.74) is -0.0493. The predicted molar refractivity (Wildman–Crippen MR) is 117 cm³/mol. The number of amides is 4. The van der Waals surface area contributed by atoms with E-state index in [1.165, 1.54) is 0 Å². The number of carbonyl (C=O) groups is 3. The highest BCUT2D eigenvalue weighted by Crippen LogP contribution is 2.28. The third-order valence-corrected chi connectivity index (χ3v) is 5.19. The Morgan fingerprint density at radius 3 is 2.69 bits per heavy atom. The monoisotopic (exact) mass is 433 g/mol. The summed E-state index contributed by atoms with van der Waals surface area (Å²) in [4.78, 5) is 38.8. The lowest BCUT2D eigenvalue weighted by Gasteiger charge is -2.22. The van der Waals surface area contributed by atoms with Gasteiger partial charge < -0.3 is 15.4 Å². The van der Waals surface area contributed by atoms with Crippen LogP contribution < -0.4 is 15.4 Å². The fraction of sp³-hybridized carbons (Fsp3) is 0.217. The first-order valence-corrected chi connectivity index (χ1v) is 10.2. The van der Waals surface area contributed by atoms with Crippen LogP contribution in [0.2, 0.25) is 0 Å². The minimum absolute atomic E-state index is 0.391. The van der Waals surface area contributed by atoms with Gasteiger partial charge in [-0.1, -0.05) is 36.4 Å². The quantitative estimate of drug-likeness (QED) is 0.531. The number of imide groups is 1. The van der Waals surface area contributed by atoms with Gasteiger partial charge in [0.1, 0.15) is 24.4 Å². The molecule has 1 aliphatic rings. The van der Waals surface area contributed by atoms with Crippen molar-refractivity contribution < 1.29 is 19.1 Å². The number of urea groups is 1. The van der Waals surface area contributed by atoms with E-state index in [9.17, 15) is 14.4 Å². The lowest BCUT2D eigenvalue weighted by molar-refractivity contribution is -0.133. The summed E-state index contributed by atoms with van der Waals surface area (Å²) in [6.07, 6.45) is 3.54. The van der Waals surface area contributed by atoms with E-state index < -0.39 is 29.9 Å². The van der Waals surface area contributed by atoms with Crippen LogP contribution in [-0.2, 0) is 21.7 Å². The molecule has 4 rings (SSSR count). The third kappa shape index (κ3) is 4.46. The summed E-state index contributed by atoms with van der Waals surface area (Å²) in [6, 6.07) is 17.1. The SMILES string of the molecule is CC1(c2ccccc2)NC(=O)N(CC(=O)Nc2cccc(OCCn3cccn3)c2)C1=O. The summed E-state index contributed by atoms with van der Waals surface area (Å²) in [6.45, 7) is 2.25. The molecule has 1 unspecified atom stereocenters. The van der Waals surface area contributed by atoms with Crippen molar-refractivity contribution in [2.45, 2.75) is 19.0 Å². The van der Waals surface area contributed by atoms with Crippen LogP contribution in [0.25, 0.3) is 0 Å². The average Bonchev–Trinajstić information content (AvgIpc) is 3.38. The molecule has 4 amide bonds. The Labute approximate surface area is 185 Å². The van der Waals surface area contributed by atoms with E-state index in [0.717, 1.165) is 4.90 Å². The Morgan fingerprint density at radius 2 is 1.94 bits per heavy atom. The first-order valence-electron chi connectivity index (χ1n) is 10.2. The van der Waals surface area contributed by atoms with Crippen LogP contribution in [0.1, 0.15) is 12.5 Å². The number of rotatable bonds is 8. The molecule has 32 heavy (non-hydrogen) atoms. The Hall–Kier alpha value is -4.14. The van der Waals surface area contributed by atoms with Gasteiger partial charge in [-0.2, -0.15) is 5.10 Å². The first kappa shape index (κ1) is 21.1. The molecule has 3 aromatic rings. The Morgan fingerprint density at radius 1 is 1.12 bits per heavy atom. The van der Waals surface area contributed by atoms with Crippen LogP contribution in [0.15, 0.2) is 73.1 Å². The van der Waals surface area contributed by atoms with Crippen LogP contribution in [-0.4, -0.2) is 45.7 Å². The summed E-state index contributed by atoms with van der Waals surface area (Å²) in [5, 5.41) is 9.51. The summed E-state index contributed by atoms with van der Waals surface area (Å²) >= 11 is 0. The maximum Gasteiger partial charge on any atom is 0.325 e. The van der Waals surface area contributed by atoms with Crippen molar-refractivity contribution in [3.05, 3.63) is 78.6 Å². The molecule has 1 aromatic heterocycles. The Balaban J connectivity index is 1.35. The van der Waals surface area contributed by atoms with E-state index in [0.29, 0.717) is 30.2 Å². The second-order valence-electron chi connectivity index (χ2n) is 7.51. The summed E-state index contributed by atoms with van der Waals surface area (Å²) in [7, 11) is 0. The number of ether oxygens (including phenoxy) is 1. The zero-order valence-electron chi connectivity index (χ0n) is 17.5. The molecular formula is C23H23N5O4. The molecule has 2 heterocycles. The second kappa shape index (κ2) is 8.93. The van der Waals surface area contributed by atoms with Crippen LogP contribution >= 0.6 is 0 Å². The molecule has 0 spiro atoms. The van der Waals surface area contributed by atoms with E-state index in [1.807, 2.05) is 18.3 Å². The van der Waals surface area contributed by atoms with Gasteiger partial charge in [0.15, 0.2) is 0 Å². The molecule has 9 nitrogen and oxygen atoms in total. The van der Waals surface area contributed by atoms with E-state index >= 15 is 0 Å². The zero-order chi connectivity index (χ0) is 22.6. The molecule has 1 saturated heterocycles. The minimum atomic E-state index is -1.21. The molecule has 2 N–H and O–H groups in total. The number of aromatic nitrogens is 2. The van der Waals surface area contributed by atoms with Gasteiger partial charge in [-0.3, -0.25) is 19.2 Å². The molecule has 1 atom stereocenters. The lowest BCUT2D eigenvalue weighted by Crippen LogP contribution is -2.42. The highest BCUT2D eigenvalue weighted by molar-refractivity contribution is 6.10. The van der Waals surface area contributed by atoms with E-state index in [-0.39, 0.29) is 0 Å². The zero-order valence-corrected chi connectivity index (χ0v) is 17.5. The molecule has 9 heteroatoms. The number of nitrogens with zero attached hydrogens (tertiary/aromatic N) is 3. The van der Waals surface area contributed by atoms with E-state index in [1.54, 1.807) is 66.3 Å². The van der Waals surface area contributed by atoms with Crippen LogP contribution in [0.5, 0.6) is 5.75 Å². The largest absolute Gasteiger partial charge is 0.492 e. The van der Waals surface area contributed by atoms with Crippen molar-refractivity contribution in [1.82, 2.24) is 20.0 Å². The second-order valence-corrected chi connectivity index (χ2v) is 7.51. The van der Waals surface area contributed by atoms with E-state index in [2.05, 4.69) is 15.7 Å². The molecular weight excluding hydrogens is 410 g/mol. The third-order valence-electron chi connectivity index (χ3n) is 5.19. The van der Waals surface area contributed by atoms with Crippen LogP contribution in [0.3, 0.4) is 0 Å². The number of hydrogen-bond donors (Lipinski definition) is 2. The van der Waals surface area contributed by atoms with Gasteiger partial charge in [0.05, 0.1) is 6.54 Å². The fourth-order valence-electron chi connectivity index (χ4n) is 3.51. The smallest absolute Gasteiger partial charge is 0.325 e. The van der Waals surface area contributed by atoms with Gasteiger partial charge in [-0.15, -0.1) is 0 Å². The number of nitrogens with one attached hydrogen (secondary N) is 2. The average molecular weight is 433 g/mol. The normalized spacial score (nSPS) is 17.8. The molecule has 0 bridgehead atoms. The standard InChI is InChI=1S/C23H23N5O4/c1-23(17-7-3-2-4-8-17)21(30)28(22(31)26-23)16-20(29)25-18-9-5-10-19(15-18)32-14-13-27-12-6-11-24-27/h2-12,15H,13-14,16H2,1H3,(H,25,29)(H,26,31). The van der Waals surface area contributed by atoms with Crippen molar-refractivity contribution >= 4 is 23.5 Å².